The van der Waals surface area contributed by atoms with Gasteiger partial charge < -0.3 is 10.1 Å². The number of carbonyl (C=O) groups excluding carboxylic acids is 1. The highest BCUT2D eigenvalue weighted by molar-refractivity contribution is 5.92. The lowest BCUT2D eigenvalue weighted by atomic mass is 10.2. The van der Waals surface area contributed by atoms with Gasteiger partial charge in [0, 0.05) is 23.6 Å². The lowest BCUT2D eigenvalue weighted by molar-refractivity contribution is -0.682. The van der Waals surface area contributed by atoms with Crippen LogP contribution in [0.1, 0.15) is 0 Å². The summed E-state index contributed by atoms with van der Waals surface area (Å²) >= 11 is 0. The van der Waals surface area contributed by atoms with Crippen molar-refractivity contribution in [1.82, 2.24) is 0 Å². The average molecular weight is 338 g/mol. The zero-order chi connectivity index (χ0) is 17.8. The number of pyridine rings is 1. The Morgan fingerprint density at radius 1 is 1.20 bits per heavy atom. The van der Waals surface area contributed by atoms with E-state index in [0.717, 1.165) is 10.8 Å². The Kier molecular flexibility index (Phi) is 4.56. The van der Waals surface area contributed by atoms with Gasteiger partial charge in [-0.2, -0.15) is 4.57 Å². The largest absolute Gasteiger partial charge is 0.495 e. The third-order valence-electron chi connectivity index (χ3n) is 3.74. The Labute approximate surface area is 143 Å². The van der Waals surface area contributed by atoms with E-state index in [9.17, 15) is 14.9 Å². The standard InChI is InChI=1S/C18H15N3O4/c1-25-17-7-6-15(21(23)24)10-16(17)19-18(22)12-20-9-8-13-4-2-3-5-14(13)11-20/h2-11H,12H2,1H3/p+1. The summed E-state index contributed by atoms with van der Waals surface area (Å²) in [5.41, 5.74) is 0.151. The van der Waals surface area contributed by atoms with E-state index >= 15 is 0 Å². The van der Waals surface area contributed by atoms with Crippen molar-refractivity contribution in [1.29, 1.82) is 0 Å². The van der Waals surface area contributed by atoms with E-state index in [0.29, 0.717) is 5.75 Å². The lowest BCUT2D eigenvalue weighted by Crippen LogP contribution is -2.39. The van der Waals surface area contributed by atoms with Crippen molar-refractivity contribution in [3.05, 3.63) is 71.0 Å². The zero-order valence-corrected chi connectivity index (χ0v) is 13.5. The zero-order valence-electron chi connectivity index (χ0n) is 13.5. The van der Waals surface area contributed by atoms with Gasteiger partial charge in [-0.05, 0) is 17.5 Å². The van der Waals surface area contributed by atoms with Crippen LogP contribution in [0.3, 0.4) is 0 Å². The summed E-state index contributed by atoms with van der Waals surface area (Å²) in [6, 6.07) is 13.8. The average Bonchev–Trinajstić information content (AvgIpc) is 2.61. The fourth-order valence-electron chi connectivity index (χ4n) is 2.54. The van der Waals surface area contributed by atoms with E-state index in [4.69, 9.17) is 4.74 Å². The van der Waals surface area contributed by atoms with Crippen LogP contribution in [-0.4, -0.2) is 17.9 Å². The lowest BCUT2D eigenvalue weighted by Gasteiger charge is -2.09. The molecule has 3 aromatic rings. The number of aromatic nitrogens is 1. The minimum Gasteiger partial charge on any atom is -0.495 e. The number of hydrogen-bond acceptors (Lipinski definition) is 4. The van der Waals surface area contributed by atoms with Crippen molar-refractivity contribution in [2.24, 2.45) is 0 Å². The van der Waals surface area contributed by atoms with Crippen molar-refractivity contribution in [2.45, 2.75) is 6.54 Å². The summed E-state index contributed by atoms with van der Waals surface area (Å²) in [5.74, 6) is 0.0570. The second-order valence-electron chi connectivity index (χ2n) is 5.44. The summed E-state index contributed by atoms with van der Waals surface area (Å²) in [6.07, 6.45) is 3.69. The van der Waals surface area contributed by atoms with Crippen LogP contribution in [0.25, 0.3) is 10.8 Å². The summed E-state index contributed by atoms with van der Waals surface area (Å²) < 4.78 is 6.90. The first-order chi connectivity index (χ1) is 12.1. The number of methoxy groups -OCH3 is 1. The van der Waals surface area contributed by atoms with E-state index < -0.39 is 4.92 Å². The second-order valence-corrected chi connectivity index (χ2v) is 5.44. The summed E-state index contributed by atoms with van der Waals surface area (Å²) in [6.45, 7) is 0.0800. The SMILES string of the molecule is COc1ccc([N+](=O)[O-])cc1NC(=O)C[n+]1ccc2ccccc2c1. The molecule has 1 amide bonds. The Bertz CT molecular complexity index is 956. The van der Waals surface area contributed by atoms with E-state index in [2.05, 4.69) is 5.32 Å². The molecule has 1 aromatic heterocycles. The van der Waals surface area contributed by atoms with Crippen LogP contribution in [0.15, 0.2) is 60.9 Å². The van der Waals surface area contributed by atoms with Crippen LogP contribution in [-0.2, 0) is 11.3 Å². The summed E-state index contributed by atoms with van der Waals surface area (Å²) in [4.78, 5) is 22.7. The molecule has 25 heavy (non-hydrogen) atoms. The molecule has 0 radical (unpaired) electrons. The van der Waals surface area contributed by atoms with Crippen molar-refractivity contribution in [3.8, 4) is 5.75 Å². The van der Waals surface area contributed by atoms with Gasteiger partial charge in [0.1, 0.15) is 5.75 Å². The van der Waals surface area contributed by atoms with Crippen LogP contribution in [0.4, 0.5) is 11.4 Å². The molecule has 0 saturated heterocycles. The molecule has 2 aromatic carbocycles. The monoisotopic (exact) mass is 338 g/mol. The number of amides is 1. The Morgan fingerprint density at radius 2 is 1.96 bits per heavy atom. The van der Waals surface area contributed by atoms with Gasteiger partial charge in [0.25, 0.3) is 11.6 Å². The first-order valence-corrected chi connectivity index (χ1v) is 7.57. The maximum atomic E-state index is 12.3. The number of nitro benzene ring substituents is 1. The van der Waals surface area contributed by atoms with Gasteiger partial charge in [-0.3, -0.25) is 14.9 Å². The second kappa shape index (κ2) is 6.96. The number of nitro groups is 1. The van der Waals surface area contributed by atoms with Gasteiger partial charge in [-0.25, -0.2) is 0 Å². The number of rotatable bonds is 5. The maximum Gasteiger partial charge on any atom is 0.290 e. The molecule has 126 valence electrons. The van der Waals surface area contributed by atoms with Crippen LogP contribution in [0.2, 0.25) is 0 Å². The predicted molar refractivity (Wildman–Crippen MR) is 92.4 cm³/mol. The fourth-order valence-corrected chi connectivity index (χ4v) is 2.54. The van der Waals surface area contributed by atoms with Crippen molar-refractivity contribution >= 4 is 28.1 Å². The molecule has 0 aliphatic carbocycles. The molecule has 1 N–H and O–H groups in total. The number of hydrogen-bond donors (Lipinski definition) is 1. The Morgan fingerprint density at radius 3 is 2.68 bits per heavy atom. The molecule has 0 aliphatic heterocycles. The molecule has 0 aliphatic rings. The smallest absolute Gasteiger partial charge is 0.290 e. The number of benzene rings is 2. The molecule has 0 bridgehead atoms. The first-order valence-electron chi connectivity index (χ1n) is 7.57. The van der Waals surface area contributed by atoms with Gasteiger partial charge in [0.2, 0.25) is 6.54 Å². The summed E-state index contributed by atoms with van der Waals surface area (Å²) in [5, 5.41) is 15.7. The van der Waals surface area contributed by atoms with E-state index in [1.54, 1.807) is 4.57 Å². The molecule has 0 saturated carbocycles. The molecule has 7 nitrogen and oxygen atoms in total. The van der Waals surface area contributed by atoms with Crippen LogP contribution in [0.5, 0.6) is 5.75 Å². The van der Waals surface area contributed by atoms with Crippen LogP contribution < -0.4 is 14.6 Å². The normalized spacial score (nSPS) is 10.4. The Hall–Kier alpha value is -3.48. The van der Waals surface area contributed by atoms with Gasteiger partial charge in [-0.15, -0.1) is 0 Å². The topological polar surface area (TPSA) is 85.3 Å². The highest BCUT2D eigenvalue weighted by Gasteiger charge is 2.16. The van der Waals surface area contributed by atoms with Crippen molar-refractivity contribution < 1.29 is 19.0 Å². The minimum absolute atomic E-state index is 0.0800. The van der Waals surface area contributed by atoms with Gasteiger partial charge >= 0.3 is 0 Å². The number of nitrogens with one attached hydrogen (secondary N) is 1. The van der Waals surface area contributed by atoms with Gasteiger partial charge in [-0.1, -0.05) is 18.2 Å². The predicted octanol–water partition coefficient (Wildman–Crippen LogP) is 2.68. The molecular formula is C18H16N3O4+. The molecule has 1 heterocycles. The summed E-state index contributed by atoms with van der Waals surface area (Å²) in [7, 11) is 1.44. The molecule has 0 fully saturated rings. The molecule has 0 atom stereocenters. The number of non-ortho nitro benzene ring substituents is 1. The number of carbonyl (C=O) groups is 1. The number of fused-ring (bicyclic) bond motifs is 1. The van der Waals surface area contributed by atoms with E-state index in [-0.39, 0.29) is 23.8 Å². The number of nitrogens with zero attached hydrogens (tertiary/aromatic N) is 2. The van der Waals surface area contributed by atoms with E-state index in [1.807, 2.05) is 42.7 Å². The molecule has 7 heteroatoms. The van der Waals surface area contributed by atoms with E-state index in [1.165, 1.54) is 25.3 Å². The fraction of sp³-hybridized carbons (Fsp3) is 0.111. The Balaban J connectivity index is 1.79. The van der Waals surface area contributed by atoms with Crippen LogP contribution >= 0.6 is 0 Å². The van der Waals surface area contributed by atoms with Crippen LogP contribution in [0, 0.1) is 10.1 Å². The first kappa shape index (κ1) is 16.4. The van der Waals surface area contributed by atoms with Gasteiger partial charge in [0.05, 0.1) is 17.7 Å². The minimum atomic E-state index is -0.521. The molecule has 0 spiro atoms. The maximum absolute atomic E-state index is 12.3. The third-order valence-corrected chi connectivity index (χ3v) is 3.74. The molecule has 0 unspecified atom stereocenters. The number of anilines is 1. The molecule has 3 rings (SSSR count). The highest BCUT2D eigenvalue weighted by atomic mass is 16.6. The number of ether oxygens (including phenoxy) is 1. The third kappa shape index (κ3) is 3.72. The van der Waals surface area contributed by atoms with Crippen molar-refractivity contribution in [3.63, 3.8) is 0 Å². The highest BCUT2D eigenvalue weighted by Crippen LogP contribution is 2.28. The quantitative estimate of drug-likeness (QED) is 0.440. The van der Waals surface area contributed by atoms with Crippen molar-refractivity contribution in [2.75, 3.05) is 12.4 Å². The molecular weight excluding hydrogens is 322 g/mol. The van der Waals surface area contributed by atoms with Gasteiger partial charge in [0.15, 0.2) is 12.4 Å².